The van der Waals surface area contributed by atoms with Gasteiger partial charge in [0.1, 0.15) is 0 Å². The molecular formula is C17H23N5O2. The third-order valence-corrected chi connectivity index (χ3v) is 5.00. The maximum atomic E-state index is 12.1. The van der Waals surface area contributed by atoms with Crippen molar-refractivity contribution < 1.29 is 4.42 Å². The molecule has 0 amide bonds. The fourth-order valence-corrected chi connectivity index (χ4v) is 3.31. The summed E-state index contributed by atoms with van der Waals surface area (Å²) in [7, 11) is 0. The van der Waals surface area contributed by atoms with Crippen LogP contribution >= 0.6 is 0 Å². The van der Waals surface area contributed by atoms with E-state index >= 15 is 0 Å². The highest BCUT2D eigenvalue weighted by atomic mass is 16.4. The van der Waals surface area contributed by atoms with Gasteiger partial charge in [-0.15, -0.1) is 10.2 Å². The third-order valence-electron chi connectivity index (χ3n) is 5.00. The van der Waals surface area contributed by atoms with E-state index in [0.717, 1.165) is 50.8 Å². The molecule has 24 heavy (non-hydrogen) atoms. The fourth-order valence-electron chi connectivity index (χ4n) is 3.31. The van der Waals surface area contributed by atoms with Gasteiger partial charge in [-0.3, -0.25) is 14.3 Å². The predicted molar refractivity (Wildman–Crippen MR) is 87.5 cm³/mol. The molecule has 0 aromatic carbocycles. The standard InChI is InChI=1S/C17H23N5O2/c1-12-8-18-11-22(17(12)23)9-13-4-6-21(7-5-13)10-15-19-20-16(24-15)14-2-3-14/h8,11,13-14H,2-7,9-10H2,1H3. The first-order chi connectivity index (χ1) is 11.7. The molecule has 0 unspecified atom stereocenters. The lowest BCUT2D eigenvalue weighted by molar-refractivity contribution is 0.153. The highest BCUT2D eigenvalue weighted by molar-refractivity contribution is 5.01. The Kier molecular flexibility index (Phi) is 4.18. The number of aromatic nitrogens is 4. The van der Waals surface area contributed by atoms with Gasteiger partial charge in [-0.2, -0.15) is 0 Å². The Morgan fingerprint density at radius 2 is 2.00 bits per heavy atom. The van der Waals surface area contributed by atoms with E-state index in [1.807, 2.05) is 6.92 Å². The summed E-state index contributed by atoms with van der Waals surface area (Å²) < 4.78 is 7.49. The van der Waals surface area contributed by atoms with Gasteiger partial charge in [-0.1, -0.05) is 0 Å². The fraction of sp³-hybridized carbons (Fsp3) is 0.647. The third kappa shape index (κ3) is 3.40. The summed E-state index contributed by atoms with van der Waals surface area (Å²) in [5, 5.41) is 8.31. The van der Waals surface area contributed by atoms with E-state index in [0.29, 0.717) is 17.4 Å². The van der Waals surface area contributed by atoms with Gasteiger partial charge >= 0.3 is 0 Å². The van der Waals surface area contributed by atoms with Crippen LogP contribution < -0.4 is 5.56 Å². The van der Waals surface area contributed by atoms with Crippen LogP contribution in [0.5, 0.6) is 0 Å². The summed E-state index contributed by atoms with van der Waals surface area (Å²) in [5.41, 5.74) is 0.781. The normalized spacial score (nSPS) is 19.7. The van der Waals surface area contributed by atoms with Crippen LogP contribution in [0.4, 0.5) is 0 Å². The molecule has 2 aromatic rings. The molecule has 2 fully saturated rings. The molecule has 0 radical (unpaired) electrons. The Hall–Kier alpha value is -2.02. The Balaban J connectivity index is 1.29. The maximum absolute atomic E-state index is 12.1. The van der Waals surface area contributed by atoms with Crippen molar-refractivity contribution in [3.8, 4) is 0 Å². The molecule has 2 aromatic heterocycles. The second kappa shape index (κ2) is 6.47. The van der Waals surface area contributed by atoms with E-state index in [9.17, 15) is 4.79 Å². The zero-order chi connectivity index (χ0) is 16.5. The molecule has 7 nitrogen and oxygen atoms in total. The van der Waals surface area contributed by atoms with Crippen LogP contribution in [0.2, 0.25) is 0 Å². The van der Waals surface area contributed by atoms with Gasteiger partial charge in [0, 0.05) is 24.2 Å². The van der Waals surface area contributed by atoms with Crippen molar-refractivity contribution in [2.24, 2.45) is 5.92 Å². The van der Waals surface area contributed by atoms with Crippen LogP contribution in [0.1, 0.15) is 48.9 Å². The molecule has 1 aliphatic heterocycles. The number of nitrogens with zero attached hydrogens (tertiary/aromatic N) is 5. The predicted octanol–water partition coefficient (Wildman–Crippen LogP) is 1.72. The molecule has 7 heteroatoms. The minimum absolute atomic E-state index is 0.0749. The van der Waals surface area contributed by atoms with E-state index in [-0.39, 0.29) is 5.56 Å². The molecule has 128 valence electrons. The molecule has 0 atom stereocenters. The Bertz CT molecular complexity index is 756. The van der Waals surface area contributed by atoms with Crippen LogP contribution in [-0.2, 0) is 13.1 Å². The van der Waals surface area contributed by atoms with E-state index in [4.69, 9.17) is 4.42 Å². The van der Waals surface area contributed by atoms with Crippen molar-refractivity contribution >= 4 is 0 Å². The van der Waals surface area contributed by atoms with Crippen molar-refractivity contribution in [2.75, 3.05) is 13.1 Å². The van der Waals surface area contributed by atoms with Crippen LogP contribution in [0.3, 0.4) is 0 Å². The molecule has 0 bridgehead atoms. The van der Waals surface area contributed by atoms with Crippen molar-refractivity contribution in [1.82, 2.24) is 24.6 Å². The van der Waals surface area contributed by atoms with Gasteiger partial charge in [0.2, 0.25) is 11.8 Å². The number of likely N-dealkylation sites (tertiary alicyclic amines) is 1. The number of piperidine rings is 1. The van der Waals surface area contributed by atoms with Crippen molar-refractivity contribution in [2.45, 2.75) is 51.6 Å². The van der Waals surface area contributed by atoms with Crippen molar-refractivity contribution in [3.63, 3.8) is 0 Å². The van der Waals surface area contributed by atoms with Gasteiger partial charge in [-0.05, 0) is 51.6 Å². The number of hydrogen-bond donors (Lipinski definition) is 0. The number of rotatable bonds is 5. The van der Waals surface area contributed by atoms with Gasteiger partial charge in [0.05, 0.1) is 12.9 Å². The topological polar surface area (TPSA) is 77.1 Å². The average Bonchev–Trinajstić information content (AvgIpc) is 3.34. The zero-order valence-electron chi connectivity index (χ0n) is 14.0. The first-order valence-electron chi connectivity index (χ1n) is 8.74. The van der Waals surface area contributed by atoms with Crippen molar-refractivity contribution in [3.05, 3.63) is 40.2 Å². The SMILES string of the molecule is Cc1cncn(CC2CCN(Cc3nnc(C4CC4)o3)CC2)c1=O. The van der Waals surface area contributed by atoms with Gasteiger partial charge in [0.25, 0.3) is 5.56 Å². The van der Waals surface area contributed by atoms with E-state index < -0.39 is 0 Å². The first-order valence-corrected chi connectivity index (χ1v) is 8.74. The summed E-state index contributed by atoms with van der Waals surface area (Å²) in [6.45, 7) is 5.31. The molecule has 4 rings (SSSR count). The molecular weight excluding hydrogens is 306 g/mol. The second-order valence-electron chi connectivity index (χ2n) is 7.06. The van der Waals surface area contributed by atoms with E-state index in [2.05, 4.69) is 20.1 Å². The van der Waals surface area contributed by atoms with Gasteiger partial charge in [0.15, 0.2) is 0 Å². The quantitative estimate of drug-likeness (QED) is 0.831. The van der Waals surface area contributed by atoms with E-state index in [1.54, 1.807) is 17.1 Å². The number of aryl methyl sites for hydroxylation is 1. The molecule has 3 heterocycles. The molecule has 0 N–H and O–H groups in total. The Morgan fingerprint density at radius 3 is 2.75 bits per heavy atom. The molecule has 2 aliphatic rings. The minimum atomic E-state index is 0.0749. The van der Waals surface area contributed by atoms with Crippen LogP contribution in [-0.4, -0.2) is 37.7 Å². The van der Waals surface area contributed by atoms with Gasteiger partial charge < -0.3 is 4.42 Å². The average molecular weight is 329 g/mol. The molecule has 1 saturated heterocycles. The maximum Gasteiger partial charge on any atom is 0.256 e. The first kappa shape index (κ1) is 15.5. The smallest absolute Gasteiger partial charge is 0.256 e. The Morgan fingerprint density at radius 1 is 1.21 bits per heavy atom. The van der Waals surface area contributed by atoms with Crippen LogP contribution in [0.25, 0.3) is 0 Å². The summed E-state index contributed by atoms with van der Waals surface area (Å²) in [5.74, 6) is 2.58. The highest BCUT2D eigenvalue weighted by Crippen LogP contribution is 2.39. The lowest BCUT2D eigenvalue weighted by Gasteiger charge is -2.31. The summed E-state index contributed by atoms with van der Waals surface area (Å²) in [6.07, 6.45) is 7.79. The van der Waals surface area contributed by atoms with Crippen LogP contribution in [0.15, 0.2) is 21.7 Å². The highest BCUT2D eigenvalue weighted by Gasteiger charge is 2.30. The lowest BCUT2D eigenvalue weighted by Crippen LogP contribution is -2.36. The summed E-state index contributed by atoms with van der Waals surface area (Å²) in [6, 6.07) is 0. The lowest BCUT2D eigenvalue weighted by atomic mass is 9.96. The number of hydrogen-bond acceptors (Lipinski definition) is 6. The largest absolute Gasteiger partial charge is 0.424 e. The Labute approximate surface area is 140 Å². The van der Waals surface area contributed by atoms with Crippen molar-refractivity contribution in [1.29, 1.82) is 0 Å². The summed E-state index contributed by atoms with van der Waals surface area (Å²) >= 11 is 0. The summed E-state index contributed by atoms with van der Waals surface area (Å²) in [4.78, 5) is 18.6. The van der Waals surface area contributed by atoms with E-state index in [1.165, 1.54) is 12.8 Å². The monoisotopic (exact) mass is 329 g/mol. The molecule has 1 saturated carbocycles. The minimum Gasteiger partial charge on any atom is -0.424 e. The zero-order valence-corrected chi connectivity index (χ0v) is 14.0. The van der Waals surface area contributed by atoms with Gasteiger partial charge in [-0.25, -0.2) is 4.98 Å². The molecule has 0 spiro atoms. The second-order valence-corrected chi connectivity index (χ2v) is 7.06. The van der Waals surface area contributed by atoms with Crippen LogP contribution in [0, 0.1) is 12.8 Å². The molecule has 1 aliphatic carbocycles.